The Labute approximate surface area is 139 Å². The van der Waals surface area contributed by atoms with Gasteiger partial charge in [-0.1, -0.05) is 63.2 Å². The first kappa shape index (κ1) is 17.3. The molecule has 23 heavy (non-hydrogen) atoms. The van der Waals surface area contributed by atoms with Crippen LogP contribution in [-0.2, 0) is 11.8 Å². The summed E-state index contributed by atoms with van der Waals surface area (Å²) < 4.78 is 0. The fourth-order valence-electron chi connectivity index (χ4n) is 2.53. The van der Waals surface area contributed by atoms with Gasteiger partial charge >= 0.3 is 0 Å². The third-order valence-corrected chi connectivity index (χ3v) is 4.10. The second kappa shape index (κ2) is 7.45. The van der Waals surface area contributed by atoms with Gasteiger partial charge in [0.2, 0.25) is 0 Å². The van der Waals surface area contributed by atoms with Gasteiger partial charge in [-0.2, -0.15) is 0 Å². The van der Waals surface area contributed by atoms with Gasteiger partial charge < -0.3 is 5.32 Å². The van der Waals surface area contributed by atoms with E-state index in [0.29, 0.717) is 0 Å². The molecular weight excluding hydrogens is 282 g/mol. The minimum Gasteiger partial charge on any atom is -0.350 e. The highest BCUT2D eigenvalue weighted by Gasteiger charge is 2.15. The number of amides is 1. The first-order valence-corrected chi connectivity index (χ1v) is 8.31. The number of hydrogen-bond acceptors (Lipinski definition) is 1. The quantitative estimate of drug-likeness (QED) is 0.849. The molecule has 0 saturated carbocycles. The van der Waals surface area contributed by atoms with E-state index in [1.54, 1.807) is 0 Å². The van der Waals surface area contributed by atoms with E-state index in [1.165, 1.54) is 11.1 Å². The van der Waals surface area contributed by atoms with Gasteiger partial charge in [0.05, 0.1) is 0 Å². The Morgan fingerprint density at radius 3 is 2.17 bits per heavy atom. The molecule has 2 aromatic carbocycles. The molecule has 0 saturated heterocycles. The van der Waals surface area contributed by atoms with Crippen molar-refractivity contribution in [1.29, 1.82) is 0 Å². The maximum atomic E-state index is 12.3. The van der Waals surface area contributed by atoms with E-state index in [0.717, 1.165) is 18.4 Å². The summed E-state index contributed by atoms with van der Waals surface area (Å²) in [5.41, 5.74) is 3.39. The highest BCUT2D eigenvalue weighted by atomic mass is 16.1. The van der Waals surface area contributed by atoms with Crippen LogP contribution in [0.2, 0.25) is 0 Å². The van der Waals surface area contributed by atoms with E-state index in [4.69, 9.17) is 0 Å². The van der Waals surface area contributed by atoms with E-state index in [2.05, 4.69) is 57.3 Å². The summed E-state index contributed by atoms with van der Waals surface area (Å²) >= 11 is 0. The Kier molecular flexibility index (Phi) is 5.59. The van der Waals surface area contributed by atoms with Gasteiger partial charge in [0.15, 0.2) is 0 Å². The predicted octanol–water partition coefficient (Wildman–Crippen LogP) is 4.74. The fraction of sp³-hybridized carbons (Fsp3) is 0.381. The third-order valence-electron chi connectivity index (χ3n) is 4.10. The lowest BCUT2D eigenvalue weighted by Gasteiger charge is -2.19. The third kappa shape index (κ3) is 5.24. The molecule has 0 aliphatic heterocycles. The SMILES string of the molecule is C[C@@H](CCc1ccccc1)NC(=O)c1ccc(C(C)(C)C)cc1. The molecule has 0 radical (unpaired) electrons. The summed E-state index contributed by atoms with van der Waals surface area (Å²) in [7, 11) is 0. The van der Waals surface area contributed by atoms with Crippen LogP contribution in [0.4, 0.5) is 0 Å². The molecule has 2 aromatic rings. The van der Waals surface area contributed by atoms with E-state index in [-0.39, 0.29) is 17.4 Å². The smallest absolute Gasteiger partial charge is 0.251 e. The Bertz CT molecular complexity index is 623. The molecule has 0 bridgehead atoms. The molecule has 2 heteroatoms. The van der Waals surface area contributed by atoms with Crippen molar-refractivity contribution in [3.63, 3.8) is 0 Å². The zero-order chi connectivity index (χ0) is 16.9. The monoisotopic (exact) mass is 309 g/mol. The topological polar surface area (TPSA) is 29.1 Å². The summed E-state index contributed by atoms with van der Waals surface area (Å²) in [6.45, 7) is 8.58. The van der Waals surface area contributed by atoms with Crippen LogP contribution in [0.5, 0.6) is 0 Å². The average Bonchev–Trinajstić information content (AvgIpc) is 2.53. The Balaban J connectivity index is 1.88. The zero-order valence-electron chi connectivity index (χ0n) is 14.6. The predicted molar refractivity (Wildman–Crippen MR) is 96.8 cm³/mol. The molecule has 1 N–H and O–H groups in total. The van der Waals surface area contributed by atoms with Crippen LogP contribution < -0.4 is 5.32 Å². The van der Waals surface area contributed by atoms with E-state index in [9.17, 15) is 4.79 Å². The molecule has 0 aliphatic rings. The van der Waals surface area contributed by atoms with Gasteiger partial charge in [-0.15, -0.1) is 0 Å². The number of rotatable bonds is 5. The van der Waals surface area contributed by atoms with Crippen LogP contribution >= 0.6 is 0 Å². The first-order chi connectivity index (χ1) is 10.9. The summed E-state index contributed by atoms with van der Waals surface area (Å²) in [4.78, 5) is 12.3. The summed E-state index contributed by atoms with van der Waals surface area (Å²) in [5, 5.41) is 3.09. The molecule has 0 aromatic heterocycles. The molecule has 0 aliphatic carbocycles. The van der Waals surface area contributed by atoms with E-state index in [1.807, 2.05) is 30.3 Å². The van der Waals surface area contributed by atoms with E-state index < -0.39 is 0 Å². The lowest BCUT2D eigenvalue weighted by Crippen LogP contribution is -2.32. The van der Waals surface area contributed by atoms with Crippen molar-refractivity contribution in [2.75, 3.05) is 0 Å². The van der Waals surface area contributed by atoms with E-state index >= 15 is 0 Å². The molecular formula is C21H27NO. The molecule has 0 heterocycles. The Hall–Kier alpha value is -2.09. The van der Waals surface area contributed by atoms with Crippen molar-refractivity contribution in [2.45, 2.75) is 52.0 Å². The lowest BCUT2D eigenvalue weighted by molar-refractivity contribution is 0.0938. The van der Waals surface area contributed by atoms with Crippen molar-refractivity contribution in [3.8, 4) is 0 Å². The number of carbonyl (C=O) groups is 1. The first-order valence-electron chi connectivity index (χ1n) is 8.31. The van der Waals surface area contributed by atoms with Crippen molar-refractivity contribution in [2.24, 2.45) is 0 Å². The molecule has 1 atom stereocenters. The van der Waals surface area contributed by atoms with Gasteiger partial charge in [0.1, 0.15) is 0 Å². The number of benzene rings is 2. The molecule has 0 fully saturated rings. The van der Waals surface area contributed by atoms with Gasteiger partial charge in [-0.25, -0.2) is 0 Å². The van der Waals surface area contributed by atoms with Gasteiger partial charge in [-0.3, -0.25) is 4.79 Å². The molecule has 0 spiro atoms. The number of hydrogen-bond donors (Lipinski definition) is 1. The zero-order valence-corrected chi connectivity index (χ0v) is 14.6. The van der Waals surface area contributed by atoms with Crippen LogP contribution in [0, 0.1) is 0 Å². The van der Waals surface area contributed by atoms with Crippen molar-refractivity contribution in [1.82, 2.24) is 5.32 Å². The maximum Gasteiger partial charge on any atom is 0.251 e. The second-order valence-electron chi connectivity index (χ2n) is 7.23. The van der Waals surface area contributed by atoms with Gasteiger partial charge in [0, 0.05) is 11.6 Å². The number of carbonyl (C=O) groups excluding carboxylic acids is 1. The van der Waals surface area contributed by atoms with Crippen LogP contribution in [0.25, 0.3) is 0 Å². The minimum atomic E-state index is 0.00557. The van der Waals surface area contributed by atoms with Crippen LogP contribution in [0.3, 0.4) is 0 Å². The van der Waals surface area contributed by atoms with Gasteiger partial charge in [0.25, 0.3) is 5.91 Å². The fourth-order valence-corrected chi connectivity index (χ4v) is 2.53. The molecule has 2 nitrogen and oxygen atoms in total. The second-order valence-corrected chi connectivity index (χ2v) is 7.23. The van der Waals surface area contributed by atoms with Gasteiger partial charge in [-0.05, 0) is 48.4 Å². The Morgan fingerprint density at radius 2 is 1.61 bits per heavy atom. The molecule has 2 rings (SSSR count). The Morgan fingerprint density at radius 1 is 1.00 bits per heavy atom. The van der Waals surface area contributed by atoms with Crippen LogP contribution in [0.15, 0.2) is 54.6 Å². The standard InChI is InChI=1S/C21H27NO/c1-16(10-11-17-8-6-5-7-9-17)22-20(23)18-12-14-19(15-13-18)21(2,3)4/h5-9,12-16H,10-11H2,1-4H3,(H,22,23)/t16-/m0/s1. The minimum absolute atomic E-state index is 0.00557. The normalized spacial score (nSPS) is 12.7. The largest absolute Gasteiger partial charge is 0.350 e. The number of aryl methyl sites for hydroxylation is 1. The summed E-state index contributed by atoms with van der Waals surface area (Å²) in [6.07, 6.45) is 1.92. The van der Waals surface area contributed by atoms with Crippen LogP contribution in [-0.4, -0.2) is 11.9 Å². The molecule has 122 valence electrons. The van der Waals surface area contributed by atoms with Crippen molar-refractivity contribution in [3.05, 3.63) is 71.3 Å². The summed E-state index contributed by atoms with van der Waals surface area (Å²) in [5.74, 6) is 0.00557. The van der Waals surface area contributed by atoms with Crippen LogP contribution in [0.1, 0.15) is 55.6 Å². The highest BCUT2D eigenvalue weighted by Crippen LogP contribution is 2.22. The average molecular weight is 309 g/mol. The molecule has 0 unspecified atom stereocenters. The highest BCUT2D eigenvalue weighted by molar-refractivity contribution is 5.94. The lowest BCUT2D eigenvalue weighted by atomic mass is 9.86. The number of nitrogens with one attached hydrogen (secondary N) is 1. The summed E-state index contributed by atoms with van der Waals surface area (Å²) in [6, 6.07) is 18.5. The maximum absolute atomic E-state index is 12.3. The van der Waals surface area contributed by atoms with Crippen molar-refractivity contribution < 1.29 is 4.79 Å². The molecule has 1 amide bonds. The van der Waals surface area contributed by atoms with Crippen molar-refractivity contribution >= 4 is 5.91 Å².